The van der Waals surface area contributed by atoms with Crippen molar-refractivity contribution < 1.29 is 18.7 Å². The first-order valence-electron chi connectivity index (χ1n) is 10.9. The van der Waals surface area contributed by atoms with Gasteiger partial charge in [-0.25, -0.2) is 14.8 Å². The predicted molar refractivity (Wildman–Crippen MR) is 123 cm³/mol. The van der Waals surface area contributed by atoms with Gasteiger partial charge in [-0.2, -0.15) is 0 Å². The Morgan fingerprint density at radius 2 is 2.06 bits per heavy atom. The Bertz CT molecular complexity index is 982. The second-order valence-electron chi connectivity index (χ2n) is 9.19. The Labute approximate surface area is 196 Å². The molecule has 1 N–H and O–H groups in total. The minimum Gasteiger partial charge on any atom is -0.463 e. The lowest BCUT2D eigenvalue weighted by atomic mass is 9.87. The number of aromatic nitrogens is 1. The Kier molecular flexibility index (Phi) is 6.71. The van der Waals surface area contributed by atoms with E-state index in [1.807, 2.05) is 56.5 Å². The van der Waals surface area contributed by atoms with Crippen molar-refractivity contribution in [2.75, 3.05) is 13.1 Å². The highest BCUT2D eigenvalue weighted by Gasteiger charge is 2.35. The van der Waals surface area contributed by atoms with Crippen LogP contribution in [0.1, 0.15) is 57.0 Å². The summed E-state index contributed by atoms with van der Waals surface area (Å²) in [4.78, 5) is 19.1. The van der Waals surface area contributed by atoms with Gasteiger partial charge in [-0.15, -0.1) is 16.4 Å². The zero-order valence-electron chi connectivity index (χ0n) is 19.1. The molecule has 0 spiro atoms. The zero-order chi connectivity index (χ0) is 23.6. The van der Waals surface area contributed by atoms with Crippen LogP contribution >= 0.6 is 11.3 Å². The van der Waals surface area contributed by atoms with E-state index in [0.29, 0.717) is 24.5 Å². The number of halogens is 1. The lowest BCUT2D eigenvalue weighted by Gasteiger charge is -2.36. The van der Waals surface area contributed by atoms with Gasteiger partial charge in [0.2, 0.25) is 6.23 Å². The maximum Gasteiger partial charge on any atom is 0.410 e. The van der Waals surface area contributed by atoms with Crippen molar-refractivity contribution in [2.24, 2.45) is 11.0 Å². The first-order chi connectivity index (χ1) is 15.7. The van der Waals surface area contributed by atoms with Gasteiger partial charge in [0.15, 0.2) is 0 Å². The maximum absolute atomic E-state index is 13.5. The summed E-state index contributed by atoms with van der Waals surface area (Å²) in [5, 5.41) is 7.99. The summed E-state index contributed by atoms with van der Waals surface area (Å²) in [5.74, 6) is 1.05. The Hall–Kier alpha value is -2.92. The highest BCUT2D eigenvalue weighted by molar-refractivity contribution is 7.09. The Morgan fingerprint density at radius 3 is 2.70 bits per heavy atom. The van der Waals surface area contributed by atoms with E-state index < -0.39 is 11.8 Å². The lowest BCUT2D eigenvalue weighted by molar-refractivity contribution is -0.0998. The largest absolute Gasteiger partial charge is 0.463 e. The molecule has 2 aromatic rings. The number of hydrogen-bond acceptors (Lipinski definition) is 9. The average molecular weight is 477 g/mol. The highest BCUT2D eigenvalue weighted by Crippen LogP contribution is 2.37. The molecule has 1 saturated heterocycles. The minimum atomic E-state index is -0.709. The van der Waals surface area contributed by atoms with Crippen molar-refractivity contribution in [1.82, 2.24) is 25.8 Å². The number of hydrazone groups is 1. The fourth-order valence-corrected chi connectivity index (χ4v) is 4.93. The van der Waals surface area contributed by atoms with Crippen LogP contribution in [0.25, 0.3) is 0 Å². The van der Waals surface area contributed by atoms with Crippen molar-refractivity contribution in [1.29, 1.82) is 0 Å². The summed E-state index contributed by atoms with van der Waals surface area (Å²) >= 11 is 1.55. The van der Waals surface area contributed by atoms with Gasteiger partial charge in [-0.3, -0.25) is 0 Å². The van der Waals surface area contributed by atoms with Crippen molar-refractivity contribution >= 4 is 23.8 Å². The number of likely N-dealkylation sites (tertiary alicyclic amines) is 1. The molecule has 2 aliphatic rings. The molecule has 1 fully saturated rings. The lowest BCUT2D eigenvalue weighted by Crippen LogP contribution is -2.44. The number of hydrazine groups is 2. The van der Waals surface area contributed by atoms with Crippen LogP contribution in [0.4, 0.5) is 9.28 Å². The number of hydrogen-bond donors (Lipinski definition) is 1. The fourth-order valence-electron chi connectivity index (χ4n) is 3.84. The van der Waals surface area contributed by atoms with Crippen LogP contribution in [0.15, 0.2) is 40.8 Å². The first kappa shape index (κ1) is 23.2. The van der Waals surface area contributed by atoms with Gasteiger partial charge in [0.25, 0.3) is 0 Å². The van der Waals surface area contributed by atoms with E-state index in [4.69, 9.17) is 14.5 Å². The second-order valence-corrected chi connectivity index (χ2v) is 10.1. The van der Waals surface area contributed by atoms with Crippen LogP contribution in [0.5, 0.6) is 5.75 Å². The van der Waals surface area contributed by atoms with Crippen LogP contribution in [0.3, 0.4) is 0 Å². The summed E-state index contributed by atoms with van der Waals surface area (Å²) in [6.07, 6.45) is 1.12. The molecule has 3 unspecified atom stereocenters. The molecule has 1 amide bonds. The summed E-state index contributed by atoms with van der Waals surface area (Å²) < 4.78 is 25.1. The van der Waals surface area contributed by atoms with Gasteiger partial charge in [0.05, 0.1) is 5.01 Å². The summed E-state index contributed by atoms with van der Waals surface area (Å²) in [6.45, 7) is 8.95. The molecule has 178 valence electrons. The topological polar surface area (TPSA) is 82.5 Å². The third-order valence-corrected chi connectivity index (χ3v) is 6.38. The Morgan fingerprint density at radius 1 is 1.30 bits per heavy atom. The number of thiazole rings is 1. The predicted octanol–water partition coefficient (Wildman–Crippen LogP) is 4.45. The summed E-state index contributed by atoms with van der Waals surface area (Å²) in [6, 6.07) is 9.29. The summed E-state index contributed by atoms with van der Waals surface area (Å²) in [5.41, 5.74) is 2.60. The van der Waals surface area contributed by atoms with Crippen molar-refractivity contribution in [3.8, 4) is 5.75 Å². The van der Waals surface area contributed by atoms with Crippen LogP contribution < -0.4 is 10.3 Å². The first-order valence-corrected chi connectivity index (χ1v) is 11.8. The van der Waals surface area contributed by atoms with E-state index in [-0.39, 0.29) is 23.3 Å². The number of rotatable bonds is 5. The molecule has 0 radical (unpaired) electrons. The molecular weight excluding hydrogens is 447 g/mol. The number of amides is 1. The molecule has 9 nitrogen and oxygen atoms in total. The second kappa shape index (κ2) is 9.52. The zero-order valence-corrected chi connectivity index (χ0v) is 20.0. The van der Waals surface area contributed by atoms with Crippen molar-refractivity contribution in [2.45, 2.75) is 51.9 Å². The van der Waals surface area contributed by atoms with Crippen LogP contribution in [-0.2, 0) is 4.74 Å². The van der Waals surface area contributed by atoms with Crippen molar-refractivity contribution in [3.05, 3.63) is 46.4 Å². The fraction of sp³-hybridized carbons (Fsp3) is 0.500. The van der Waals surface area contributed by atoms with Gasteiger partial charge < -0.3 is 14.4 Å². The molecule has 3 atom stereocenters. The molecular formula is C22H29FN6O3S. The number of benzene rings is 1. The monoisotopic (exact) mass is 476 g/mol. The number of ether oxygens (including phenoxy) is 2. The summed E-state index contributed by atoms with van der Waals surface area (Å²) in [7, 11) is 0. The Balaban J connectivity index is 1.47. The molecule has 11 heteroatoms. The van der Waals surface area contributed by atoms with E-state index >= 15 is 0 Å². The highest BCUT2D eigenvalue weighted by atomic mass is 32.1. The molecule has 2 aliphatic heterocycles. The van der Waals surface area contributed by atoms with Gasteiger partial charge in [0.1, 0.15) is 23.4 Å². The minimum absolute atomic E-state index is 0.114. The van der Waals surface area contributed by atoms with E-state index in [1.54, 1.807) is 16.2 Å². The maximum atomic E-state index is 13.5. The van der Waals surface area contributed by atoms with E-state index in [2.05, 4.69) is 17.6 Å². The van der Waals surface area contributed by atoms with Gasteiger partial charge >= 0.3 is 6.09 Å². The van der Waals surface area contributed by atoms with E-state index in [9.17, 15) is 9.28 Å². The number of piperidine rings is 1. The quantitative estimate of drug-likeness (QED) is 0.639. The molecule has 4 rings (SSSR count). The number of para-hydroxylation sites is 1. The SMILES string of the molecule is CC1CN(C(=O)OC(C)(C)C)CCC1c1nc(C(Oc2ccccc2)N2C=NN(F)N2)cs1. The number of carbonyl (C=O) groups is 1. The van der Waals surface area contributed by atoms with E-state index in [0.717, 1.165) is 11.4 Å². The number of nitrogens with one attached hydrogen (secondary N) is 1. The molecule has 0 bridgehead atoms. The normalized spacial score (nSPS) is 21.9. The number of nitrogens with zero attached hydrogens (tertiary/aromatic N) is 5. The van der Waals surface area contributed by atoms with Crippen LogP contribution in [0, 0.1) is 5.92 Å². The standard InChI is InChI=1S/C22H29FN6O3S/c1-15-12-27(21(30)32-22(2,3)4)11-10-17(15)19-25-18(13-33-19)20(28-14-24-29(23)26-28)31-16-8-6-5-7-9-16/h5-9,13-15,17,20,26H,10-12H2,1-4H3. The molecule has 1 aromatic carbocycles. The van der Waals surface area contributed by atoms with Gasteiger partial charge in [-0.1, -0.05) is 35.1 Å². The molecule has 0 saturated carbocycles. The third-order valence-electron chi connectivity index (χ3n) is 5.39. The third kappa shape index (κ3) is 5.72. The number of carbonyl (C=O) groups excluding carboxylic acids is 1. The smallest absolute Gasteiger partial charge is 0.410 e. The molecule has 3 heterocycles. The van der Waals surface area contributed by atoms with Crippen LogP contribution in [0.2, 0.25) is 0 Å². The molecule has 0 aliphatic carbocycles. The van der Waals surface area contributed by atoms with E-state index in [1.165, 1.54) is 11.3 Å². The van der Waals surface area contributed by atoms with Gasteiger partial charge in [-0.05, 0) is 50.6 Å². The average Bonchev–Trinajstić information content (AvgIpc) is 3.41. The molecule has 33 heavy (non-hydrogen) atoms. The van der Waals surface area contributed by atoms with Crippen LogP contribution in [-0.4, -0.2) is 51.4 Å². The van der Waals surface area contributed by atoms with Crippen molar-refractivity contribution in [3.63, 3.8) is 0 Å². The van der Waals surface area contributed by atoms with Gasteiger partial charge in [0, 0.05) is 24.4 Å². The molecule has 1 aromatic heterocycles.